The van der Waals surface area contributed by atoms with E-state index in [0.717, 1.165) is 77.0 Å². The van der Waals surface area contributed by atoms with Crippen molar-refractivity contribution in [3.63, 3.8) is 0 Å². The van der Waals surface area contributed by atoms with Crippen LogP contribution in [0.15, 0.2) is 48.6 Å². The molecule has 0 aromatic carbocycles. The number of unbranched alkanes of at least 4 members (excludes halogenated alkanes) is 18. The molecule has 0 aliphatic heterocycles. The molecule has 0 fully saturated rings. The van der Waals surface area contributed by atoms with E-state index in [2.05, 4.69) is 62.5 Å². The van der Waals surface area contributed by atoms with Gasteiger partial charge in [0, 0.05) is 19.3 Å². The summed E-state index contributed by atoms with van der Waals surface area (Å²) in [5.74, 6) is -1.49. The van der Waals surface area contributed by atoms with Crippen molar-refractivity contribution in [2.24, 2.45) is 0 Å². The molecule has 0 rings (SSSR count). The van der Waals surface area contributed by atoms with Crippen molar-refractivity contribution in [1.29, 1.82) is 0 Å². The van der Waals surface area contributed by atoms with Gasteiger partial charge in [-0.3, -0.25) is 9.59 Å². The van der Waals surface area contributed by atoms with Crippen molar-refractivity contribution >= 4 is 17.9 Å². The van der Waals surface area contributed by atoms with Crippen LogP contribution in [0.25, 0.3) is 0 Å². The van der Waals surface area contributed by atoms with E-state index in [0.29, 0.717) is 19.3 Å². The molecule has 1 N–H and O–H groups in total. The number of rotatable bonds is 40. The maximum absolute atomic E-state index is 12.7. The Balaban J connectivity index is 4.37. The average molecular weight is 789 g/mol. The number of hydrogen-bond donors (Lipinski definition) is 1. The molecule has 56 heavy (non-hydrogen) atoms. The number of aliphatic carboxylic acids is 1. The fourth-order valence-electron chi connectivity index (χ4n) is 6.49. The number of nitrogens with zero attached hydrogens (tertiary/aromatic N) is 1. The Bertz CT molecular complexity index is 1060. The van der Waals surface area contributed by atoms with Crippen LogP contribution in [0.3, 0.4) is 0 Å². The van der Waals surface area contributed by atoms with E-state index in [-0.39, 0.29) is 36.2 Å². The first kappa shape index (κ1) is 53.3. The fraction of sp³-hybridized carbons (Fsp3) is 0.771. The summed E-state index contributed by atoms with van der Waals surface area (Å²) in [6.45, 7) is 4.60. The van der Waals surface area contributed by atoms with Crippen LogP contribution in [-0.4, -0.2) is 80.6 Å². The zero-order chi connectivity index (χ0) is 41.4. The topological polar surface area (TPSA) is 99.1 Å². The van der Waals surface area contributed by atoms with E-state index in [9.17, 15) is 19.5 Å². The van der Waals surface area contributed by atoms with Crippen LogP contribution in [0, 0.1) is 0 Å². The monoisotopic (exact) mass is 789 g/mol. The molecule has 0 saturated carbocycles. The number of esters is 2. The molecule has 8 heteroatoms. The number of allylic oxidation sites excluding steroid dienone is 8. The number of hydrogen-bond acceptors (Lipinski definition) is 6. The van der Waals surface area contributed by atoms with Crippen molar-refractivity contribution in [2.75, 3.05) is 41.0 Å². The third kappa shape index (κ3) is 36.9. The Morgan fingerprint density at radius 3 is 1.48 bits per heavy atom. The number of carbonyl (C=O) groups is 3. The second-order valence-electron chi connectivity index (χ2n) is 16.3. The molecule has 0 amide bonds. The molecule has 0 aromatic heterocycles. The van der Waals surface area contributed by atoms with Crippen LogP contribution in [0.1, 0.15) is 187 Å². The summed E-state index contributed by atoms with van der Waals surface area (Å²) >= 11 is 0. The standard InChI is InChI=1S/C48H85NO7/c1-6-8-10-12-14-16-18-20-22-23-25-27-29-31-33-35-37-39-47(51)56-44(42-54-41-40-45(48(52)53)49(3,4)5)43-55-46(50)38-36-34-32-30-28-26-24-21-19-17-15-13-11-9-7-2/h8,10,14,16,20,22,25,27,44-45H,6-7,9,11-13,15,17-19,21,23-24,26,28-43H2,1-5H3/p+1/b10-8-,16-14-,22-20-,27-25-. The molecular formula is C48H86NO7+. The molecule has 324 valence electrons. The molecular weight excluding hydrogens is 703 g/mol. The van der Waals surface area contributed by atoms with E-state index in [1.807, 2.05) is 21.1 Å². The first-order chi connectivity index (χ1) is 27.1. The summed E-state index contributed by atoms with van der Waals surface area (Å²) in [4.78, 5) is 37.0. The van der Waals surface area contributed by atoms with Gasteiger partial charge >= 0.3 is 17.9 Å². The second-order valence-corrected chi connectivity index (χ2v) is 16.3. The quantitative estimate of drug-likeness (QED) is 0.0286. The maximum Gasteiger partial charge on any atom is 0.362 e. The zero-order valence-corrected chi connectivity index (χ0v) is 36.8. The van der Waals surface area contributed by atoms with Crippen LogP contribution in [0.4, 0.5) is 0 Å². The van der Waals surface area contributed by atoms with Crippen LogP contribution in [-0.2, 0) is 28.6 Å². The number of carboxylic acids is 1. The van der Waals surface area contributed by atoms with Gasteiger partial charge in [-0.1, -0.05) is 165 Å². The molecule has 0 heterocycles. The Morgan fingerprint density at radius 2 is 1.00 bits per heavy atom. The molecule has 2 unspecified atom stereocenters. The van der Waals surface area contributed by atoms with Crippen LogP contribution < -0.4 is 0 Å². The van der Waals surface area contributed by atoms with Gasteiger partial charge < -0.3 is 23.8 Å². The highest BCUT2D eigenvalue weighted by Gasteiger charge is 2.31. The second kappa shape index (κ2) is 39.1. The van der Waals surface area contributed by atoms with Gasteiger partial charge in [0.15, 0.2) is 12.1 Å². The van der Waals surface area contributed by atoms with Crippen LogP contribution >= 0.6 is 0 Å². The Kier molecular flexibility index (Phi) is 37.2. The molecule has 0 bridgehead atoms. The lowest BCUT2D eigenvalue weighted by Crippen LogP contribution is -2.50. The molecule has 0 spiro atoms. The maximum atomic E-state index is 12.7. The fourth-order valence-corrected chi connectivity index (χ4v) is 6.49. The van der Waals surface area contributed by atoms with Gasteiger partial charge in [-0.15, -0.1) is 0 Å². The highest BCUT2D eigenvalue weighted by molar-refractivity contribution is 5.72. The van der Waals surface area contributed by atoms with Crippen LogP contribution in [0.2, 0.25) is 0 Å². The highest BCUT2D eigenvalue weighted by atomic mass is 16.6. The Labute approximate surface area is 344 Å². The SMILES string of the molecule is CC/C=C\C/C=C\C/C=C\C/C=C\CCCCCCC(=O)OC(COCCC(C(=O)O)[N+](C)(C)C)COC(=O)CCCCCCCCCCCCCCCCC. The van der Waals surface area contributed by atoms with E-state index >= 15 is 0 Å². The van der Waals surface area contributed by atoms with Crippen molar-refractivity contribution < 1.29 is 38.2 Å². The Hall–Kier alpha value is -2.71. The lowest BCUT2D eigenvalue weighted by molar-refractivity contribution is -0.887. The van der Waals surface area contributed by atoms with Gasteiger partial charge in [-0.25, -0.2) is 4.79 Å². The molecule has 2 atom stereocenters. The van der Waals surface area contributed by atoms with Gasteiger partial charge in [0.2, 0.25) is 0 Å². The number of quaternary nitrogens is 1. The van der Waals surface area contributed by atoms with Gasteiger partial charge in [0.25, 0.3) is 0 Å². The lowest BCUT2D eigenvalue weighted by atomic mass is 10.0. The molecule has 0 aromatic rings. The lowest BCUT2D eigenvalue weighted by Gasteiger charge is -2.31. The minimum Gasteiger partial charge on any atom is -0.477 e. The summed E-state index contributed by atoms with van der Waals surface area (Å²) < 4.78 is 17.3. The van der Waals surface area contributed by atoms with E-state index in [1.165, 1.54) is 77.0 Å². The number of likely N-dealkylation sites (N-methyl/N-ethyl adjacent to an activating group) is 1. The van der Waals surface area contributed by atoms with E-state index < -0.39 is 18.1 Å². The van der Waals surface area contributed by atoms with Crippen molar-refractivity contribution in [1.82, 2.24) is 0 Å². The molecule has 0 aliphatic rings. The number of carboxylic acid groups (broad SMARTS) is 1. The van der Waals surface area contributed by atoms with E-state index in [1.54, 1.807) is 0 Å². The average Bonchev–Trinajstić information content (AvgIpc) is 3.15. The van der Waals surface area contributed by atoms with Gasteiger partial charge in [0.05, 0.1) is 34.4 Å². The summed E-state index contributed by atoms with van der Waals surface area (Å²) in [5, 5.41) is 9.62. The molecule has 0 radical (unpaired) electrons. The smallest absolute Gasteiger partial charge is 0.362 e. The number of ether oxygens (including phenoxy) is 3. The minimum absolute atomic E-state index is 0.0519. The normalized spacial score (nSPS) is 13.4. The highest BCUT2D eigenvalue weighted by Crippen LogP contribution is 2.15. The summed E-state index contributed by atoms with van der Waals surface area (Å²) in [6, 6.07) is -0.619. The summed E-state index contributed by atoms with van der Waals surface area (Å²) in [5.41, 5.74) is 0. The predicted molar refractivity (Wildman–Crippen MR) is 234 cm³/mol. The predicted octanol–water partition coefficient (Wildman–Crippen LogP) is 12.4. The largest absolute Gasteiger partial charge is 0.477 e. The van der Waals surface area contributed by atoms with Crippen molar-refractivity contribution in [3.8, 4) is 0 Å². The minimum atomic E-state index is -0.879. The first-order valence-corrected chi connectivity index (χ1v) is 22.7. The van der Waals surface area contributed by atoms with Gasteiger partial charge in [-0.05, 0) is 51.4 Å². The van der Waals surface area contributed by atoms with Gasteiger partial charge in [0.1, 0.15) is 6.61 Å². The van der Waals surface area contributed by atoms with Crippen molar-refractivity contribution in [3.05, 3.63) is 48.6 Å². The number of carbonyl (C=O) groups excluding carboxylic acids is 2. The third-order valence-corrected chi connectivity index (χ3v) is 9.99. The summed E-state index contributed by atoms with van der Waals surface area (Å²) in [7, 11) is 5.52. The van der Waals surface area contributed by atoms with Crippen molar-refractivity contribution in [2.45, 2.75) is 199 Å². The van der Waals surface area contributed by atoms with E-state index in [4.69, 9.17) is 14.2 Å². The van der Waals surface area contributed by atoms with Gasteiger partial charge in [-0.2, -0.15) is 0 Å². The third-order valence-electron chi connectivity index (χ3n) is 9.99. The van der Waals surface area contributed by atoms with Crippen LogP contribution in [0.5, 0.6) is 0 Å². The summed E-state index contributed by atoms with van der Waals surface area (Å²) in [6.07, 6.45) is 45.8. The zero-order valence-electron chi connectivity index (χ0n) is 36.8. The molecule has 0 aliphatic carbocycles. The molecule has 8 nitrogen and oxygen atoms in total. The molecule has 0 saturated heterocycles. The Morgan fingerprint density at radius 1 is 0.554 bits per heavy atom. The first-order valence-electron chi connectivity index (χ1n) is 22.7.